The first-order valence-corrected chi connectivity index (χ1v) is 6.83. The fraction of sp³-hybridized carbons (Fsp3) is 0.294. The number of nitrogens with one attached hydrogen (secondary N) is 1. The topological polar surface area (TPSA) is 41.3 Å². The number of hydrazine groups is 1. The van der Waals surface area contributed by atoms with Gasteiger partial charge in [0.25, 0.3) is 0 Å². The fourth-order valence-electron chi connectivity index (χ4n) is 2.54. The maximum Gasteiger partial charge on any atom is 0.0711 e. The standard InChI is InChI=1S/C17H23N3/c1-12-8-13(2)10-15(9-12)17(19-18)14-6-5-7-16(11-14)20(3)4/h5-11,17,19H,18H2,1-4H3. The normalized spacial score (nSPS) is 12.2. The van der Waals surface area contributed by atoms with Crippen LogP contribution in [0.4, 0.5) is 5.69 Å². The Morgan fingerprint density at radius 2 is 1.60 bits per heavy atom. The van der Waals surface area contributed by atoms with E-state index in [2.05, 4.69) is 66.6 Å². The lowest BCUT2D eigenvalue weighted by Crippen LogP contribution is -2.29. The Labute approximate surface area is 121 Å². The molecule has 3 heteroatoms. The minimum absolute atomic E-state index is 0.00787. The van der Waals surface area contributed by atoms with Crippen molar-refractivity contribution >= 4 is 5.69 Å². The second kappa shape index (κ2) is 6.07. The van der Waals surface area contributed by atoms with Crippen LogP contribution in [0.15, 0.2) is 42.5 Å². The summed E-state index contributed by atoms with van der Waals surface area (Å²) in [5.41, 5.74) is 8.98. The van der Waals surface area contributed by atoms with Crippen molar-refractivity contribution in [3.8, 4) is 0 Å². The summed E-state index contributed by atoms with van der Waals surface area (Å²) in [6.45, 7) is 4.22. The van der Waals surface area contributed by atoms with E-state index in [0.29, 0.717) is 0 Å². The van der Waals surface area contributed by atoms with Crippen LogP contribution < -0.4 is 16.2 Å². The Hall–Kier alpha value is -1.84. The third-order valence-electron chi connectivity index (χ3n) is 3.46. The van der Waals surface area contributed by atoms with E-state index < -0.39 is 0 Å². The summed E-state index contributed by atoms with van der Waals surface area (Å²) >= 11 is 0. The maximum absolute atomic E-state index is 5.80. The Morgan fingerprint density at radius 1 is 0.950 bits per heavy atom. The van der Waals surface area contributed by atoms with E-state index in [1.54, 1.807) is 0 Å². The number of aryl methyl sites for hydroxylation is 2. The first kappa shape index (κ1) is 14.6. The quantitative estimate of drug-likeness (QED) is 0.662. The summed E-state index contributed by atoms with van der Waals surface area (Å²) < 4.78 is 0. The van der Waals surface area contributed by atoms with Crippen LogP contribution in [0.25, 0.3) is 0 Å². The Morgan fingerprint density at radius 3 is 2.15 bits per heavy atom. The second-order valence-corrected chi connectivity index (χ2v) is 5.51. The molecule has 0 aromatic heterocycles. The largest absolute Gasteiger partial charge is 0.378 e. The first-order chi connectivity index (χ1) is 9.51. The number of benzene rings is 2. The molecule has 2 rings (SSSR count). The van der Waals surface area contributed by atoms with Gasteiger partial charge in [0.05, 0.1) is 6.04 Å². The van der Waals surface area contributed by atoms with Gasteiger partial charge in [0.1, 0.15) is 0 Å². The highest BCUT2D eigenvalue weighted by atomic mass is 15.2. The number of nitrogens with zero attached hydrogens (tertiary/aromatic N) is 1. The highest BCUT2D eigenvalue weighted by molar-refractivity contribution is 5.49. The molecule has 3 nitrogen and oxygen atoms in total. The summed E-state index contributed by atoms with van der Waals surface area (Å²) in [7, 11) is 4.08. The van der Waals surface area contributed by atoms with Crippen molar-refractivity contribution in [2.75, 3.05) is 19.0 Å². The SMILES string of the molecule is Cc1cc(C)cc(C(NN)c2cccc(N(C)C)c2)c1. The molecule has 0 fully saturated rings. The molecule has 0 aliphatic rings. The lowest BCUT2D eigenvalue weighted by molar-refractivity contribution is 0.636. The van der Waals surface area contributed by atoms with Crippen molar-refractivity contribution in [1.29, 1.82) is 0 Å². The average molecular weight is 269 g/mol. The number of hydrogen-bond acceptors (Lipinski definition) is 3. The van der Waals surface area contributed by atoms with Crippen LogP contribution in [0.2, 0.25) is 0 Å². The van der Waals surface area contributed by atoms with E-state index in [1.807, 2.05) is 14.1 Å². The predicted molar refractivity (Wildman–Crippen MR) is 85.9 cm³/mol. The van der Waals surface area contributed by atoms with Gasteiger partial charge in [-0.1, -0.05) is 41.5 Å². The average Bonchev–Trinajstić information content (AvgIpc) is 2.39. The number of nitrogens with two attached hydrogens (primary N) is 1. The van der Waals surface area contributed by atoms with Gasteiger partial charge in [-0.3, -0.25) is 5.84 Å². The van der Waals surface area contributed by atoms with Crippen LogP contribution in [0.5, 0.6) is 0 Å². The summed E-state index contributed by atoms with van der Waals surface area (Å²) in [5, 5.41) is 0. The van der Waals surface area contributed by atoms with Gasteiger partial charge in [0.2, 0.25) is 0 Å². The molecule has 1 unspecified atom stereocenters. The van der Waals surface area contributed by atoms with Gasteiger partial charge < -0.3 is 4.90 Å². The van der Waals surface area contributed by atoms with Gasteiger partial charge in [-0.25, -0.2) is 5.43 Å². The van der Waals surface area contributed by atoms with Crippen LogP contribution in [-0.4, -0.2) is 14.1 Å². The zero-order chi connectivity index (χ0) is 14.7. The summed E-state index contributed by atoms with van der Waals surface area (Å²) in [6.07, 6.45) is 0. The predicted octanol–water partition coefficient (Wildman–Crippen LogP) is 2.92. The van der Waals surface area contributed by atoms with Crippen LogP contribution >= 0.6 is 0 Å². The third kappa shape index (κ3) is 3.18. The lowest BCUT2D eigenvalue weighted by atomic mass is 9.96. The highest BCUT2D eigenvalue weighted by Gasteiger charge is 2.13. The smallest absolute Gasteiger partial charge is 0.0711 e. The van der Waals surface area contributed by atoms with E-state index in [9.17, 15) is 0 Å². The third-order valence-corrected chi connectivity index (χ3v) is 3.46. The molecule has 0 bridgehead atoms. The van der Waals surface area contributed by atoms with Gasteiger partial charge in [0, 0.05) is 19.8 Å². The van der Waals surface area contributed by atoms with Crippen LogP contribution in [0.1, 0.15) is 28.3 Å². The van der Waals surface area contributed by atoms with Crippen LogP contribution in [0, 0.1) is 13.8 Å². The lowest BCUT2D eigenvalue weighted by Gasteiger charge is -2.20. The van der Waals surface area contributed by atoms with Crippen molar-refractivity contribution in [2.24, 2.45) is 5.84 Å². The molecule has 0 heterocycles. The van der Waals surface area contributed by atoms with Crippen molar-refractivity contribution in [3.05, 3.63) is 64.7 Å². The molecule has 0 spiro atoms. The molecular formula is C17H23N3. The van der Waals surface area contributed by atoms with Crippen molar-refractivity contribution < 1.29 is 0 Å². The summed E-state index contributed by atoms with van der Waals surface area (Å²) in [6, 6.07) is 15.0. The molecule has 106 valence electrons. The van der Waals surface area contributed by atoms with Gasteiger partial charge in [-0.05, 0) is 37.1 Å². The number of anilines is 1. The van der Waals surface area contributed by atoms with Gasteiger partial charge in [-0.2, -0.15) is 0 Å². The molecule has 0 radical (unpaired) electrons. The molecule has 20 heavy (non-hydrogen) atoms. The van der Waals surface area contributed by atoms with E-state index >= 15 is 0 Å². The van der Waals surface area contributed by atoms with E-state index in [0.717, 1.165) is 0 Å². The molecular weight excluding hydrogens is 246 g/mol. The van der Waals surface area contributed by atoms with Gasteiger partial charge >= 0.3 is 0 Å². The highest BCUT2D eigenvalue weighted by Crippen LogP contribution is 2.26. The van der Waals surface area contributed by atoms with Crippen LogP contribution in [-0.2, 0) is 0 Å². The zero-order valence-corrected chi connectivity index (χ0v) is 12.6. The molecule has 2 aromatic carbocycles. The minimum Gasteiger partial charge on any atom is -0.378 e. The summed E-state index contributed by atoms with van der Waals surface area (Å²) in [4.78, 5) is 2.10. The molecule has 0 amide bonds. The van der Waals surface area contributed by atoms with Crippen LogP contribution in [0.3, 0.4) is 0 Å². The Bertz CT molecular complexity index is 570. The number of hydrogen-bond donors (Lipinski definition) is 2. The van der Waals surface area contributed by atoms with Gasteiger partial charge in [-0.15, -0.1) is 0 Å². The van der Waals surface area contributed by atoms with Gasteiger partial charge in [0.15, 0.2) is 0 Å². The van der Waals surface area contributed by atoms with Crippen molar-refractivity contribution in [2.45, 2.75) is 19.9 Å². The Balaban J connectivity index is 2.43. The Kier molecular flexibility index (Phi) is 4.42. The van der Waals surface area contributed by atoms with E-state index in [1.165, 1.54) is 27.9 Å². The summed E-state index contributed by atoms with van der Waals surface area (Å²) in [5.74, 6) is 5.80. The molecule has 2 aromatic rings. The van der Waals surface area contributed by atoms with Crippen molar-refractivity contribution in [3.63, 3.8) is 0 Å². The molecule has 0 saturated heterocycles. The maximum atomic E-state index is 5.80. The molecule has 0 aliphatic carbocycles. The molecule has 3 N–H and O–H groups in total. The van der Waals surface area contributed by atoms with Crippen molar-refractivity contribution in [1.82, 2.24) is 5.43 Å². The van der Waals surface area contributed by atoms with E-state index in [4.69, 9.17) is 5.84 Å². The fourth-order valence-corrected chi connectivity index (χ4v) is 2.54. The zero-order valence-electron chi connectivity index (χ0n) is 12.6. The monoisotopic (exact) mass is 269 g/mol. The second-order valence-electron chi connectivity index (χ2n) is 5.51. The number of rotatable bonds is 4. The molecule has 1 atom stereocenters. The van der Waals surface area contributed by atoms with E-state index in [-0.39, 0.29) is 6.04 Å². The first-order valence-electron chi connectivity index (χ1n) is 6.83. The minimum atomic E-state index is 0.00787. The molecule has 0 saturated carbocycles. The molecule has 0 aliphatic heterocycles.